The van der Waals surface area contributed by atoms with Gasteiger partial charge < -0.3 is 9.47 Å². The van der Waals surface area contributed by atoms with Gasteiger partial charge in [-0.2, -0.15) is 5.10 Å². The van der Waals surface area contributed by atoms with E-state index in [0.717, 1.165) is 0 Å². The van der Waals surface area contributed by atoms with Gasteiger partial charge >= 0.3 is 11.9 Å². The van der Waals surface area contributed by atoms with E-state index in [1.54, 1.807) is 56.6 Å². The Hall–Kier alpha value is -3.90. The number of hydrogen-bond acceptors (Lipinski definition) is 12. The quantitative estimate of drug-likeness (QED) is 0.328. The lowest BCUT2D eigenvalue weighted by molar-refractivity contribution is -0.136. The molecule has 178 valence electrons. The third-order valence-electron chi connectivity index (χ3n) is 3.47. The van der Waals surface area contributed by atoms with Crippen molar-refractivity contribution in [1.82, 2.24) is 20.8 Å². The van der Waals surface area contributed by atoms with Gasteiger partial charge in [-0.3, -0.25) is 20.8 Å². The van der Waals surface area contributed by atoms with Crippen LogP contribution in [0.2, 0.25) is 0 Å². The van der Waals surface area contributed by atoms with Crippen molar-refractivity contribution in [1.29, 1.82) is 0 Å². The van der Waals surface area contributed by atoms with Crippen molar-refractivity contribution < 1.29 is 19.1 Å². The van der Waals surface area contributed by atoms with E-state index in [-0.39, 0.29) is 29.4 Å². The molecule has 2 aromatic heterocycles. The maximum Gasteiger partial charge on any atom is 0.377 e. The summed E-state index contributed by atoms with van der Waals surface area (Å²) in [4.78, 5) is 30.4. The van der Waals surface area contributed by atoms with Crippen LogP contribution in [-0.2, 0) is 19.1 Å². The Morgan fingerprint density at radius 3 is 2.18 bits per heavy atom. The van der Waals surface area contributed by atoms with E-state index >= 15 is 0 Å². The topological polar surface area (TPSA) is 152 Å². The first-order valence-corrected chi connectivity index (χ1v) is 10.5. The smallest absolute Gasteiger partial charge is 0.377 e. The average molecular weight is 507 g/mol. The maximum absolute atomic E-state index is 11.3. The van der Waals surface area contributed by atoms with Crippen molar-refractivity contribution in [3.8, 4) is 0 Å². The molecule has 0 spiro atoms. The molecule has 0 radical (unpaired) electrons. The number of carbonyl (C=O) groups is 2. The monoisotopic (exact) mass is 506 g/mol. The van der Waals surface area contributed by atoms with Crippen LogP contribution in [0.4, 0.5) is 0 Å². The number of halogens is 2. The number of pyridine rings is 2. The van der Waals surface area contributed by atoms with Crippen molar-refractivity contribution in [3.63, 3.8) is 0 Å². The zero-order valence-electron chi connectivity index (χ0n) is 18.1. The van der Waals surface area contributed by atoms with Gasteiger partial charge in [0.15, 0.2) is 11.0 Å². The first kappa shape index (κ1) is 26.4. The molecule has 12 nitrogen and oxygen atoms in total. The fraction of sp³-hybridized carbons (Fsp3) is 0.200. The Bertz CT molecular complexity index is 1090. The summed E-state index contributed by atoms with van der Waals surface area (Å²) in [6.45, 7) is 3.88. The molecule has 1 aliphatic rings. The summed E-state index contributed by atoms with van der Waals surface area (Å²) in [5.41, 5.74) is 6.22. The standard InChI is InChI=1S/C10H9Cl2N3O2.C10H11N5O2/c1-2-17-10(16)9(12)15-14-8(11)7-5-3-4-6-13-7;1-2-17-10(16)9-14-12-8(13-15-9)7-5-3-4-6-11-7/h3-6H,2H2,1H3;3-6H,2H2,1H3,(H,12,13)(H,14,15)/b14-8-,15-9-;. The number of ether oxygens (including phenoxy) is 2. The Kier molecular flexibility index (Phi) is 11.1. The van der Waals surface area contributed by atoms with E-state index in [2.05, 4.69) is 46.0 Å². The minimum Gasteiger partial charge on any atom is -0.461 e. The molecule has 3 heterocycles. The largest absolute Gasteiger partial charge is 0.461 e. The molecule has 1 aliphatic heterocycles. The van der Waals surface area contributed by atoms with E-state index in [1.165, 1.54) is 0 Å². The van der Waals surface area contributed by atoms with E-state index < -0.39 is 11.9 Å². The minimum atomic E-state index is -0.747. The number of hydrazone groups is 2. The van der Waals surface area contributed by atoms with Crippen molar-refractivity contribution in [2.75, 3.05) is 13.2 Å². The van der Waals surface area contributed by atoms with Crippen LogP contribution in [0.25, 0.3) is 0 Å². The van der Waals surface area contributed by atoms with Gasteiger partial charge in [0.25, 0.3) is 5.84 Å². The summed E-state index contributed by atoms with van der Waals surface area (Å²) >= 11 is 11.3. The SMILES string of the molecule is CCOC(=O)/C(Cl)=N/N=C(\Cl)c1ccccn1.CCOC(=O)C1=NNC(c2ccccn2)=NN1. The van der Waals surface area contributed by atoms with Crippen molar-refractivity contribution >= 4 is 57.2 Å². The highest BCUT2D eigenvalue weighted by atomic mass is 35.5. The van der Waals surface area contributed by atoms with Crippen LogP contribution in [0.15, 0.2) is 69.2 Å². The van der Waals surface area contributed by atoms with Crippen LogP contribution in [0, 0.1) is 0 Å². The van der Waals surface area contributed by atoms with Crippen LogP contribution < -0.4 is 10.9 Å². The molecule has 14 heteroatoms. The van der Waals surface area contributed by atoms with Crippen molar-refractivity contribution in [2.45, 2.75) is 13.8 Å². The fourth-order valence-electron chi connectivity index (χ4n) is 2.03. The first-order valence-electron chi connectivity index (χ1n) is 9.77. The van der Waals surface area contributed by atoms with Gasteiger partial charge in [-0.15, -0.1) is 15.3 Å². The lowest BCUT2D eigenvalue weighted by Gasteiger charge is -2.12. The van der Waals surface area contributed by atoms with E-state index in [4.69, 9.17) is 27.9 Å². The van der Waals surface area contributed by atoms with Crippen LogP contribution in [0.5, 0.6) is 0 Å². The van der Waals surface area contributed by atoms with Crippen LogP contribution in [-0.4, -0.2) is 57.1 Å². The van der Waals surface area contributed by atoms with Gasteiger partial charge in [0.05, 0.1) is 13.2 Å². The number of nitrogens with zero attached hydrogens (tertiary/aromatic N) is 6. The Labute approximate surface area is 204 Å². The van der Waals surface area contributed by atoms with E-state index in [0.29, 0.717) is 17.2 Å². The first-order chi connectivity index (χ1) is 16.5. The van der Waals surface area contributed by atoms with E-state index in [9.17, 15) is 9.59 Å². The predicted octanol–water partition coefficient (Wildman–Crippen LogP) is 1.99. The zero-order valence-corrected chi connectivity index (χ0v) is 19.6. The number of hydrogen-bond donors (Lipinski definition) is 2. The lowest BCUT2D eigenvalue weighted by atomic mass is 10.3. The summed E-state index contributed by atoms with van der Waals surface area (Å²) in [6.07, 6.45) is 3.20. The predicted molar refractivity (Wildman–Crippen MR) is 128 cm³/mol. The molecular weight excluding hydrogens is 487 g/mol. The Balaban J connectivity index is 0.000000240. The molecule has 0 atom stereocenters. The zero-order chi connectivity index (χ0) is 24.8. The van der Waals surface area contributed by atoms with Gasteiger partial charge in [0.2, 0.25) is 5.17 Å². The number of nitrogens with one attached hydrogen (secondary N) is 2. The number of rotatable bonds is 7. The summed E-state index contributed by atoms with van der Waals surface area (Å²) in [7, 11) is 0. The second-order valence-electron chi connectivity index (χ2n) is 5.80. The van der Waals surface area contributed by atoms with Gasteiger partial charge in [-0.05, 0) is 38.1 Å². The molecule has 0 fully saturated rings. The maximum atomic E-state index is 11.3. The highest BCUT2D eigenvalue weighted by Crippen LogP contribution is 2.02. The summed E-state index contributed by atoms with van der Waals surface area (Å²) in [5.74, 6) is -0.836. The number of esters is 2. The molecule has 0 bridgehead atoms. The van der Waals surface area contributed by atoms with Gasteiger partial charge in [-0.25, -0.2) is 9.59 Å². The summed E-state index contributed by atoms with van der Waals surface area (Å²) < 4.78 is 9.38. The lowest BCUT2D eigenvalue weighted by Crippen LogP contribution is -2.39. The van der Waals surface area contributed by atoms with Crippen molar-refractivity contribution in [2.24, 2.45) is 20.4 Å². The highest BCUT2D eigenvalue weighted by molar-refractivity contribution is 6.82. The highest BCUT2D eigenvalue weighted by Gasteiger charge is 2.17. The average Bonchev–Trinajstić information content (AvgIpc) is 2.89. The molecule has 0 aromatic carbocycles. The second kappa shape index (κ2) is 14.3. The number of carbonyl (C=O) groups excluding carboxylic acids is 2. The summed E-state index contributed by atoms with van der Waals surface area (Å²) in [6, 6.07) is 10.5. The molecular formula is C20H20Cl2N8O4. The molecule has 34 heavy (non-hydrogen) atoms. The number of aromatic nitrogens is 2. The van der Waals surface area contributed by atoms with Crippen LogP contribution in [0.1, 0.15) is 25.2 Å². The molecule has 3 rings (SSSR count). The van der Waals surface area contributed by atoms with Crippen molar-refractivity contribution in [3.05, 3.63) is 60.2 Å². The molecule has 2 aromatic rings. The number of amidine groups is 2. The second-order valence-corrected chi connectivity index (χ2v) is 6.51. The molecule has 0 saturated heterocycles. The van der Waals surface area contributed by atoms with Gasteiger partial charge in [-0.1, -0.05) is 35.3 Å². The fourth-order valence-corrected chi connectivity index (χ4v) is 2.27. The molecule has 0 aliphatic carbocycles. The molecule has 0 saturated carbocycles. The summed E-state index contributed by atoms with van der Waals surface area (Å²) in [5, 5.41) is 14.4. The Morgan fingerprint density at radius 2 is 1.62 bits per heavy atom. The van der Waals surface area contributed by atoms with Gasteiger partial charge in [0, 0.05) is 12.4 Å². The third-order valence-corrected chi connectivity index (χ3v) is 3.97. The van der Waals surface area contributed by atoms with E-state index in [1.807, 2.05) is 6.07 Å². The van der Waals surface area contributed by atoms with Crippen LogP contribution >= 0.6 is 23.2 Å². The van der Waals surface area contributed by atoms with Crippen LogP contribution in [0.3, 0.4) is 0 Å². The van der Waals surface area contributed by atoms with Gasteiger partial charge in [0.1, 0.15) is 11.4 Å². The third kappa shape index (κ3) is 8.56. The Morgan fingerprint density at radius 1 is 0.912 bits per heavy atom. The molecule has 0 unspecified atom stereocenters. The molecule has 2 N–H and O–H groups in total. The normalized spacial score (nSPS) is 13.2. The molecule has 0 amide bonds. The minimum absolute atomic E-state index is 0.0199.